The minimum Gasteiger partial charge on any atom is -0.297 e. The average molecular weight is 387 g/mol. The van der Waals surface area contributed by atoms with Crippen LogP contribution in [0.2, 0.25) is 0 Å². The molecule has 0 aliphatic carbocycles. The van der Waals surface area contributed by atoms with E-state index in [2.05, 4.69) is 21.3 Å². The van der Waals surface area contributed by atoms with Gasteiger partial charge in [-0.15, -0.1) is 10.2 Å². The lowest BCUT2D eigenvalue weighted by Gasteiger charge is -2.11. The van der Waals surface area contributed by atoms with E-state index in [4.69, 9.17) is 0 Å². The van der Waals surface area contributed by atoms with E-state index < -0.39 is 0 Å². The molecule has 28 heavy (non-hydrogen) atoms. The summed E-state index contributed by atoms with van der Waals surface area (Å²) in [6.07, 6.45) is 1.62. The van der Waals surface area contributed by atoms with Crippen LogP contribution in [0.25, 0.3) is 11.4 Å². The molecular formula is C21H14FN5S. The molecule has 0 saturated heterocycles. The van der Waals surface area contributed by atoms with Gasteiger partial charge in [0.2, 0.25) is 0 Å². The first kappa shape index (κ1) is 17.9. The second kappa shape index (κ2) is 8.03. The first-order valence-electron chi connectivity index (χ1n) is 8.51. The largest absolute Gasteiger partial charge is 0.297 e. The molecule has 0 spiro atoms. The Balaban J connectivity index is 1.80. The number of benzene rings is 2. The standard InChI is InChI=1S/C21H14FN5S/c22-18-11-5-4-10-17(18)19-25-26-21(27(19)14-15-7-2-1-3-8-15)28-20-16(13-23)9-6-12-24-20/h1-12H,14H2. The van der Waals surface area contributed by atoms with Crippen molar-refractivity contribution in [1.82, 2.24) is 19.7 Å². The van der Waals surface area contributed by atoms with Crippen LogP contribution in [0.3, 0.4) is 0 Å². The topological polar surface area (TPSA) is 67.4 Å². The van der Waals surface area contributed by atoms with Crippen LogP contribution in [0.15, 0.2) is 83.1 Å². The van der Waals surface area contributed by atoms with Crippen molar-refractivity contribution in [2.45, 2.75) is 16.7 Å². The number of halogens is 1. The summed E-state index contributed by atoms with van der Waals surface area (Å²) in [5.41, 5.74) is 1.86. The molecule has 2 aromatic heterocycles. The number of hydrogen-bond acceptors (Lipinski definition) is 5. The van der Waals surface area contributed by atoms with Gasteiger partial charge in [-0.2, -0.15) is 5.26 Å². The van der Waals surface area contributed by atoms with Crippen LogP contribution in [0.5, 0.6) is 0 Å². The summed E-state index contributed by atoms with van der Waals surface area (Å²) in [5.74, 6) is 0.0650. The van der Waals surface area contributed by atoms with Gasteiger partial charge in [0, 0.05) is 6.20 Å². The normalized spacial score (nSPS) is 10.6. The Morgan fingerprint density at radius 3 is 2.54 bits per heavy atom. The van der Waals surface area contributed by atoms with Crippen molar-refractivity contribution in [3.8, 4) is 17.5 Å². The number of nitrogens with zero attached hydrogens (tertiary/aromatic N) is 5. The molecule has 5 nitrogen and oxygen atoms in total. The summed E-state index contributed by atoms with van der Waals surface area (Å²) < 4.78 is 16.2. The van der Waals surface area contributed by atoms with E-state index in [1.54, 1.807) is 36.5 Å². The Morgan fingerprint density at radius 2 is 1.75 bits per heavy atom. The van der Waals surface area contributed by atoms with Crippen LogP contribution < -0.4 is 0 Å². The fraction of sp³-hybridized carbons (Fsp3) is 0.0476. The van der Waals surface area contributed by atoms with Crippen LogP contribution >= 0.6 is 11.8 Å². The summed E-state index contributed by atoms with van der Waals surface area (Å²) in [6.45, 7) is 0.467. The molecule has 7 heteroatoms. The van der Waals surface area contributed by atoms with E-state index >= 15 is 0 Å². The summed E-state index contributed by atoms with van der Waals surface area (Å²) >= 11 is 1.24. The minimum atomic E-state index is -0.365. The van der Waals surface area contributed by atoms with Crippen molar-refractivity contribution in [1.29, 1.82) is 5.26 Å². The Morgan fingerprint density at radius 1 is 0.964 bits per heavy atom. The molecule has 0 aliphatic heterocycles. The second-order valence-corrected chi connectivity index (χ2v) is 6.88. The molecule has 0 fully saturated rings. The molecule has 0 N–H and O–H groups in total. The third-order valence-corrected chi connectivity index (χ3v) is 5.10. The number of hydrogen-bond donors (Lipinski definition) is 0. The van der Waals surface area contributed by atoms with Crippen LogP contribution in [-0.2, 0) is 6.54 Å². The van der Waals surface area contributed by atoms with E-state index in [1.807, 2.05) is 34.9 Å². The maximum Gasteiger partial charge on any atom is 0.198 e. The van der Waals surface area contributed by atoms with Gasteiger partial charge in [-0.3, -0.25) is 4.57 Å². The highest BCUT2D eigenvalue weighted by Crippen LogP contribution is 2.31. The number of nitriles is 1. The Bertz CT molecular complexity index is 1150. The van der Waals surface area contributed by atoms with Crippen LogP contribution in [0.4, 0.5) is 4.39 Å². The van der Waals surface area contributed by atoms with Crippen molar-refractivity contribution in [2.24, 2.45) is 0 Å². The molecule has 0 aliphatic rings. The van der Waals surface area contributed by atoms with E-state index in [-0.39, 0.29) is 5.82 Å². The fourth-order valence-electron chi connectivity index (χ4n) is 2.76. The summed E-state index contributed by atoms with van der Waals surface area (Å²) in [7, 11) is 0. The van der Waals surface area contributed by atoms with Gasteiger partial charge in [0.05, 0.1) is 17.7 Å². The molecule has 0 unspecified atom stereocenters. The fourth-order valence-corrected chi connectivity index (χ4v) is 3.61. The average Bonchev–Trinajstić information content (AvgIpc) is 3.11. The molecule has 0 atom stereocenters. The van der Waals surface area contributed by atoms with E-state index in [1.165, 1.54) is 17.8 Å². The first-order chi connectivity index (χ1) is 13.8. The highest BCUT2D eigenvalue weighted by atomic mass is 32.2. The summed E-state index contributed by atoms with van der Waals surface area (Å²) in [4.78, 5) is 4.28. The Labute approximate surface area is 165 Å². The van der Waals surface area contributed by atoms with Gasteiger partial charge in [-0.1, -0.05) is 42.5 Å². The van der Waals surface area contributed by atoms with Crippen molar-refractivity contribution < 1.29 is 4.39 Å². The molecule has 0 bridgehead atoms. The lowest BCUT2D eigenvalue weighted by molar-refractivity contribution is 0.626. The first-order valence-corrected chi connectivity index (χ1v) is 9.33. The molecule has 4 rings (SSSR count). The maximum absolute atomic E-state index is 14.4. The highest BCUT2D eigenvalue weighted by molar-refractivity contribution is 7.99. The molecule has 0 saturated carbocycles. The second-order valence-electron chi connectivity index (χ2n) is 5.93. The number of aromatic nitrogens is 4. The predicted molar refractivity (Wildman–Crippen MR) is 104 cm³/mol. The van der Waals surface area contributed by atoms with Gasteiger partial charge in [0.15, 0.2) is 11.0 Å². The smallest absolute Gasteiger partial charge is 0.198 e. The molecule has 136 valence electrons. The van der Waals surface area contributed by atoms with Gasteiger partial charge in [-0.05, 0) is 41.6 Å². The molecular weight excluding hydrogens is 373 g/mol. The van der Waals surface area contributed by atoms with Crippen LogP contribution in [0.1, 0.15) is 11.1 Å². The Hall–Kier alpha value is -3.50. The minimum absolute atomic E-state index is 0.365. The molecule has 0 radical (unpaired) electrons. The molecule has 2 heterocycles. The van der Waals surface area contributed by atoms with Crippen molar-refractivity contribution in [2.75, 3.05) is 0 Å². The SMILES string of the molecule is N#Cc1cccnc1Sc1nnc(-c2ccccc2F)n1Cc1ccccc1. The third kappa shape index (κ3) is 3.63. The van der Waals surface area contributed by atoms with E-state index in [9.17, 15) is 9.65 Å². The molecule has 0 amide bonds. The third-order valence-electron chi connectivity index (χ3n) is 4.09. The zero-order valence-corrected chi connectivity index (χ0v) is 15.5. The zero-order valence-electron chi connectivity index (χ0n) is 14.7. The predicted octanol–water partition coefficient (Wildman–Crippen LogP) is 4.55. The van der Waals surface area contributed by atoms with Crippen molar-refractivity contribution in [3.63, 3.8) is 0 Å². The maximum atomic E-state index is 14.4. The van der Waals surface area contributed by atoms with E-state index in [0.29, 0.717) is 33.7 Å². The summed E-state index contributed by atoms with van der Waals surface area (Å²) in [6, 6.07) is 21.8. The molecule has 4 aromatic rings. The quantitative estimate of drug-likeness (QED) is 0.502. The van der Waals surface area contributed by atoms with Gasteiger partial charge < -0.3 is 0 Å². The van der Waals surface area contributed by atoms with Crippen LogP contribution in [0, 0.1) is 17.1 Å². The zero-order chi connectivity index (χ0) is 19.3. The van der Waals surface area contributed by atoms with Gasteiger partial charge in [-0.25, -0.2) is 9.37 Å². The monoisotopic (exact) mass is 387 g/mol. The highest BCUT2D eigenvalue weighted by Gasteiger charge is 2.19. The van der Waals surface area contributed by atoms with Gasteiger partial charge >= 0.3 is 0 Å². The lowest BCUT2D eigenvalue weighted by Crippen LogP contribution is -2.05. The number of rotatable bonds is 5. The van der Waals surface area contributed by atoms with Crippen molar-refractivity contribution in [3.05, 3.63) is 89.9 Å². The van der Waals surface area contributed by atoms with Gasteiger partial charge in [0.25, 0.3) is 0 Å². The van der Waals surface area contributed by atoms with Crippen molar-refractivity contribution >= 4 is 11.8 Å². The Kier molecular flexibility index (Phi) is 5.13. The number of pyridine rings is 1. The van der Waals surface area contributed by atoms with Gasteiger partial charge in [0.1, 0.15) is 16.9 Å². The van der Waals surface area contributed by atoms with E-state index in [0.717, 1.165) is 5.56 Å². The van der Waals surface area contributed by atoms with Crippen LogP contribution in [-0.4, -0.2) is 19.7 Å². The molecule has 2 aromatic carbocycles. The lowest BCUT2D eigenvalue weighted by atomic mass is 10.2. The summed E-state index contributed by atoms with van der Waals surface area (Å²) in [5, 5.41) is 18.9.